The summed E-state index contributed by atoms with van der Waals surface area (Å²) < 4.78 is 0. The van der Waals surface area contributed by atoms with Crippen LogP contribution in [-0.2, 0) is 10.2 Å². The summed E-state index contributed by atoms with van der Waals surface area (Å²) in [5.74, 6) is -1.52. The summed E-state index contributed by atoms with van der Waals surface area (Å²) >= 11 is 0. The molecule has 0 bridgehead atoms. The molecule has 0 fully saturated rings. The van der Waals surface area contributed by atoms with Crippen molar-refractivity contribution < 1.29 is 14.5 Å². The molecule has 0 aromatic heterocycles. The van der Waals surface area contributed by atoms with Gasteiger partial charge in [0.25, 0.3) is 17.4 Å². The van der Waals surface area contributed by atoms with Crippen molar-refractivity contribution in [2.24, 2.45) is 0 Å². The highest BCUT2D eigenvalue weighted by atomic mass is 16.6. The van der Waals surface area contributed by atoms with Crippen molar-refractivity contribution >= 4 is 23.1 Å². The third kappa shape index (κ3) is 4.29. The highest BCUT2D eigenvalue weighted by Crippen LogP contribution is 2.24. The zero-order valence-electron chi connectivity index (χ0n) is 14.6. The Kier molecular flexibility index (Phi) is 5.02. The molecular formula is C19H20N2O4. The van der Waals surface area contributed by atoms with Gasteiger partial charge in [0, 0.05) is 22.9 Å². The highest BCUT2D eigenvalue weighted by Gasteiger charge is 2.20. The van der Waals surface area contributed by atoms with Gasteiger partial charge >= 0.3 is 0 Å². The van der Waals surface area contributed by atoms with E-state index in [4.69, 9.17) is 0 Å². The van der Waals surface area contributed by atoms with E-state index in [9.17, 15) is 19.7 Å². The predicted molar refractivity (Wildman–Crippen MR) is 95.9 cm³/mol. The molecule has 6 heteroatoms. The van der Waals surface area contributed by atoms with Gasteiger partial charge in [-0.15, -0.1) is 0 Å². The fraction of sp³-hybridized carbons (Fsp3) is 0.263. The second kappa shape index (κ2) is 6.84. The number of amides is 1. The molecule has 6 nitrogen and oxygen atoms in total. The number of carbonyl (C=O) groups excluding carboxylic acids is 2. The lowest BCUT2D eigenvalue weighted by molar-refractivity contribution is -0.385. The zero-order valence-corrected chi connectivity index (χ0v) is 14.6. The number of Topliss-reactive ketones (excluding diaryl/α,β-unsaturated/α-hetero) is 1. The van der Waals surface area contributed by atoms with E-state index in [1.165, 1.54) is 18.2 Å². The number of nitrogens with one attached hydrogen (secondary N) is 1. The number of ketones is 1. The first kappa shape index (κ1) is 18.3. The van der Waals surface area contributed by atoms with Crippen molar-refractivity contribution in [3.63, 3.8) is 0 Å². The Morgan fingerprint density at radius 3 is 2.16 bits per heavy atom. The summed E-state index contributed by atoms with van der Waals surface area (Å²) in [7, 11) is 0. The smallest absolute Gasteiger partial charge is 0.296 e. The summed E-state index contributed by atoms with van der Waals surface area (Å²) in [5, 5.41) is 13.4. The van der Waals surface area contributed by atoms with Crippen LogP contribution in [0.1, 0.15) is 42.3 Å². The number of anilines is 1. The Balaban J connectivity index is 2.17. The van der Waals surface area contributed by atoms with Crippen LogP contribution in [0.3, 0.4) is 0 Å². The molecule has 0 unspecified atom stereocenters. The van der Waals surface area contributed by atoms with Crippen LogP contribution < -0.4 is 5.32 Å². The Morgan fingerprint density at radius 1 is 1.04 bits per heavy atom. The standard InChI is InChI=1S/C19H20N2O4/c1-12-5-10-15(11-16(12)21(24)25)20-18(23)17(22)13-6-8-14(9-7-13)19(2,3)4/h5-11H,1-4H3,(H,20,23). The summed E-state index contributed by atoms with van der Waals surface area (Å²) in [6, 6.07) is 11.1. The maximum absolute atomic E-state index is 12.2. The van der Waals surface area contributed by atoms with Gasteiger partial charge in [0.15, 0.2) is 0 Å². The summed E-state index contributed by atoms with van der Waals surface area (Å²) in [4.78, 5) is 34.8. The Morgan fingerprint density at radius 2 is 1.64 bits per heavy atom. The van der Waals surface area contributed by atoms with Crippen molar-refractivity contribution in [3.8, 4) is 0 Å². The fourth-order valence-corrected chi connectivity index (χ4v) is 2.32. The molecule has 1 amide bonds. The van der Waals surface area contributed by atoms with Crippen LogP contribution in [0.2, 0.25) is 0 Å². The van der Waals surface area contributed by atoms with E-state index >= 15 is 0 Å². The van der Waals surface area contributed by atoms with Crippen LogP contribution >= 0.6 is 0 Å². The lowest BCUT2D eigenvalue weighted by Crippen LogP contribution is -2.23. The third-order valence-electron chi connectivity index (χ3n) is 3.88. The molecule has 2 aromatic carbocycles. The lowest BCUT2D eigenvalue weighted by atomic mass is 9.86. The number of nitro groups is 1. The molecule has 0 aliphatic carbocycles. The Labute approximate surface area is 146 Å². The van der Waals surface area contributed by atoms with E-state index in [0.717, 1.165) is 5.56 Å². The molecule has 2 rings (SSSR count). The van der Waals surface area contributed by atoms with Crippen LogP contribution in [0.5, 0.6) is 0 Å². The molecule has 0 heterocycles. The molecule has 130 valence electrons. The molecule has 0 aliphatic rings. The lowest BCUT2D eigenvalue weighted by Gasteiger charge is -2.18. The minimum atomic E-state index is -0.832. The number of nitrogens with zero attached hydrogens (tertiary/aromatic N) is 1. The van der Waals surface area contributed by atoms with Crippen molar-refractivity contribution in [3.05, 3.63) is 69.3 Å². The number of rotatable bonds is 4. The average molecular weight is 340 g/mol. The van der Waals surface area contributed by atoms with Crippen molar-refractivity contribution in [1.82, 2.24) is 0 Å². The third-order valence-corrected chi connectivity index (χ3v) is 3.88. The average Bonchev–Trinajstić information content (AvgIpc) is 2.55. The normalized spacial score (nSPS) is 11.0. The number of aryl methyl sites for hydroxylation is 1. The summed E-state index contributed by atoms with van der Waals surface area (Å²) in [5.41, 5.74) is 1.85. The number of carbonyl (C=O) groups is 2. The molecular weight excluding hydrogens is 320 g/mol. The maximum atomic E-state index is 12.2. The van der Waals surface area contributed by atoms with Gasteiger partial charge < -0.3 is 5.32 Å². The maximum Gasteiger partial charge on any atom is 0.296 e. The van der Waals surface area contributed by atoms with Gasteiger partial charge in [0.2, 0.25) is 0 Å². The number of nitro benzene ring substituents is 1. The summed E-state index contributed by atoms with van der Waals surface area (Å²) in [6.45, 7) is 7.77. The number of hydrogen-bond acceptors (Lipinski definition) is 4. The van der Waals surface area contributed by atoms with Gasteiger partial charge in [-0.25, -0.2) is 0 Å². The molecule has 1 N–H and O–H groups in total. The molecule has 0 radical (unpaired) electrons. The Hall–Kier alpha value is -3.02. The SMILES string of the molecule is Cc1ccc(NC(=O)C(=O)c2ccc(C(C)(C)C)cc2)cc1[N+](=O)[O-]. The second-order valence-electron chi connectivity index (χ2n) is 6.87. The largest absolute Gasteiger partial charge is 0.319 e. The molecule has 25 heavy (non-hydrogen) atoms. The van der Waals surface area contributed by atoms with Crippen LogP contribution in [0, 0.1) is 17.0 Å². The molecule has 0 spiro atoms. The minimum absolute atomic E-state index is 0.0509. The van der Waals surface area contributed by atoms with Crippen LogP contribution in [0.15, 0.2) is 42.5 Å². The van der Waals surface area contributed by atoms with Crippen LogP contribution in [-0.4, -0.2) is 16.6 Å². The zero-order chi connectivity index (χ0) is 18.8. The van der Waals surface area contributed by atoms with Gasteiger partial charge in [-0.05, 0) is 24.0 Å². The first-order chi connectivity index (χ1) is 11.6. The first-order valence-corrected chi connectivity index (χ1v) is 7.81. The molecule has 0 saturated carbocycles. The van der Waals surface area contributed by atoms with Crippen molar-refractivity contribution in [2.75, 3.05) is 5.32 Å². The van der Waals surface area contributed by atoms with Crippen molar-refractivity contribution in [1.29, 1.82) is 0 Å². The number of hydrogen-bond donors (Lipinski definition) is 1. The fourth-order valence-electron chi connectivity index (χ4n) is 2.32. The van der Waals surface area contributed by atoms with Crippen molar-refractivity contribution in [2.45, 2.75) is 33.1 Å². The van der Waals surface area contributed by atoms with E-state index in [1.807, 2.05) is 12.1 Å². The van der Waals surface area contributed by atoms with E-state index in [1.54, 1.807) is 19.1 Å². The van der Waals surface area contributed by atoms with Gasteiger partial charge in [-0.1, -0.05) is 51.1 Å². The quantitative estimate of drug-likeness (QED) is 0.394. The van der Waals surface area contributed by atoms with Gasteiger partial charge in [0.1, 0.15) is 0 Å². The minimum Gasteiger partial charge on any atom is -0.319 e. The molecule has 0 aliphatic heterocycles. The molecule has 0 atom stereocenters. The van der Waals surface area contributed by atoms with E-state index in [0.29, 0.717) is 5.56 Å². The second-order valence-corrected chi connectivity index (χ2v) is 6.87. The highest BCUT2D eigenvalue weighted by molar-refractivity contribution is 6.46. The van der Waals surface area contributed by atoms with E-state index < -0.39 is 16.6 Å². The van der Waals surface area contributed by atoms with E-state index in [2.05, 4.69) is 26.1 Å². The van der Waals surface area contributed by atoms with Crippen LogP contribution in [0.25, 0.3) is 0 Å². The predicted octanol–water partition coefficient (Wildman–Crippen LogP) is 4.02. The number of benzene rings is 2. The van der Waals surface area contributed by atoms with Crippen LogP contribution in [0.4, 0.5) is 11.4 Å². The monoisotopic (exact) mass is 340 g/mol. The van der Waals surface area contributed by atoms with Gasteiger partial charge in [0.05, 0.1) is 4.92 Å². The topological polar surface area (TPSA) is 89.3 Å². The molecule has 0 saturated heterocycles. The van der Waals surface area contributed by atoms with E-state index in [-0.39, 0.29) is 22.4 Å². The summed E-state index contributed by atoms with van der Waals surface area (Å²) in [6.07, 6.45) is 0. The first-order valence-electron chi connectivity index (χ1n) is 7.81. The van der Waals surface area contributed by atoms with Gasteiger partial charge in [-0.3, -0.25) is 19.7 Å². The Bertz CT molecular complexity index is 833. The molecule has 2 aromatic rings. The van der Waals surface area contributed by atoms with Gasteiger partial charge in [-0.2, -0.15) is 0 Å².